The van der Waals surface area contributed by atoms with Gasteiger partial charge in [0.25, 0.3) is 10.0 Å². The first kappa shape index (κ1) is 15.0. The van der Waals surface area contributed by atoms with Gasteiger partial charge in [-0.1, -0.05) is 0 Å². The zero-order valence-corrected chi connectivity index (χ0v) is 13.0. The lowest BCUT2D eigenvalue weighted by molar-refractivity contribution is 0.601. The molecule has 108 valence electrons. The number of H-pyrrole nitrogens is 1. The molecule has 0 aliphatic carbocycles. The molecule has 1 heterocycles. The number of benzene rings is 1. The van der Waals surface area contributed by atoms with Crippen LogP contribution < -0.4 is 10.0 Å². The first-order chi connectivity index (χ1) is 9.42. The second-order valence-corrected chi connectivity index (χ2v) is 6.66. The highest BCUT2D eigenvalue weighted by molar-refractivity contribution is 9.10. The summed E-state index contributed by atoms with van der Waals surface area (Å²) in [7, 11) is -1.99. The molecule has 2 aromatic rings. The number of halogens is 2. The Hall–Kier alpha value is -1.38. The van der Waals surface area contributed by atoms with E-state index in [0.29, 0.717) is 11.0 Å². The van der Waals surface area contributed by atoms with Gasteiger partial charge in [0, 0.05) is 22.9 Å². The van der Waals surface area contributed by atoms with Gasteiger partial charge in [-0.05, 0) is 47.2 Å². The minimum atomic E-state index is -3.76. The summed E-state index contributed by atoms with van der Waals surface area (Å²) in [6, 6.07) is 5.31. The van der Waals surface area contributed by atoms with Crippen molar-refractivity contribution < 1.29 is 12.8 Å². The minimum absolute atomic E-state index is 0.0962. The second kappa shape index (κ2) is 5.94. The lowest BCUT2D eigenvalue weighted by Crippen LogP contribution is -2.12. The Balaban J connectivity index is 2.28. The fourth-order valence-electron chi connectivity index (χ4n) is 1.65. The number of anilines is 1. The Morgan fingerprint density at radius 2 is 2.10 bits per heavy atom. The lowest BCUT2D eigenvalue weighted by atomic mass is 10.3. The van der Waals surface area contributed by atoms with E-state index in [4.69, 9.17) is 0 Å². The third-order valence-corrected chi connectivity index (χ3v) is 4.60. The van der Waals surface area contributed by atoms with Crippen molar-refractivity contribution in [2.75, 3.05) is 11.8 Å². The van der Waals surface area contributed by atoms with Crippen LogP contribution in [0.4, 0.5) is 10.1 Å². The predicted octanol–water partition coefficient (Wildman–Crippen LogP) is 2.44. The molecule has 20 heavy (non-hydrogen) atoms. The number of nitrogens with one attached hydrogen (secondary N) is 3. The lowest BCUT2D eigenvalue weighted by Gasteiger charge is -2.08. The smallest absolute Gasteiger partial charge is 0.263 e. The van der Waals surface area contributed by atoms with Crippen LogP contribution in [-0.2, 0) is 16.6 Å². The molecule has 0 amide bonds. The number of hydrogen-bond donors (Lipinski definition) is 3. The van der Waals surface area contributed by atoms with Crippen LogP contribution in [0.15, 0.2) is 39.8 Å². The van der Waals surface area contributed by atoms with E-state index >= 15 is 0 Å². The minimum Gasteiger partial charge on any atom is -0.363 e. The van der Waals surface area contributed by atoms with Crippen LogP contribution in [0.5, 0.6) is 0 Å². The standard InChI is InChI=1S/C12H13BrFN3O2S/c1-15-6-9-5-10(7-16-9)20(18,19)17-12-4-8(14)2-3-11(12)13/h2-5,7,15-17H,6H2,1H3. The van der Waals surface area contributed by atoms with E-state index in [1.54, 1.807) is 7.05 Å². The Kier molecular flexibility index (Phi) is 4.46. The fraction of sp³-hybridized carbons (Fsp3) is 0.167. The van der Waals surface area contributed by atoms with Gasteiger partial charge < -0.3 is 10.3 Å². The Morgan fingerprint density at radius 1 is 1.35 bits per heavy atom. The Morgan fingerprint density at radius 3 is 2.80 bits per heavy atom. The molecule has 3 N–H and O–H groups in total. The average Bonchev–Trinajstić information content (AvgIpc) is 2.83. The zero-order chi connectivity index (χ0) is 14.8. The van der Waals surface area contributed by atoms with E-state index in [2.05, 4.69) is 31.0 Å². The molecule has 0 spiro atoms. The number of hydrogen-bond acceptors (Lipinski definition) is 3. The van der Waals surface area contributed by atoms with Crippen LogP contribution in [0.1, 0.15) is 5.69 Å². The topological polar surface area (TPSA) is 74.0 Å². The van der Waals surface area contributed by atoms with E-state index < -0.39 is 15.8 Å². The summed E-state index contributed by atoms with van der Waals surface area (Å²) in [5.41, 5.74) is 0.896. The van der Waals surface area contributed by atoms with Gasteiger partial charge in [0.15, 0.2) is 0 Å². The van der Waals surface area contributed by atoms with Gasteiger partial charge in [-0.25, -0.2) is 12.8 Å². The van der Waals surface area contributed by atoms with E-state index in [9.17, 15) is 12.8 Å². The van der Waals surface area contributed by atoms with Gasteiger partial charge in [0.1, 0.15) is 10.7 Å². The summed E-state index contributed by atoms with van der Waals surface area (Å²) in [5, 5.41) is 2.91. The Bertz CT molecular complexity index is 715. The molecule has 5 nitrogen and oxygen atoms in total. The van der Waals surface area contributed by atoms with Crippen molar-refractivity contribution >= 4 is 31.6 Å². The molecule has 8 heteroatoms. The van der Waals surface area contributed by atoms with Crippen molar-refractivity contribution in [3.63, 3.8) is 0 Å². The summed E-state index contributed by atoms with van der Waals surface area (Å²) < 4.78 is 40.3. The molecule has 0 fully saturated rings. The average molecular weight is 362 g/mol. The predicted molar refractivity (Wildman–Crippen MR) is 78.5 cm³/mol. The first-order valence-electron chi connectivity index (χ1n) is 5.72. The molecule has 0 unspecified atom stereocenters. The van der Waals surface area contributed by atoms with Gasteiger partial charge in [0.05, 0.1) is 5.69 Å². The number of rotatable bonds is 5. The molecule has 0 bridgehead atoms. The summed E-state index contributed by atoms with van der Waals surface area (Å²) >= 11 is 3.17. The Labute approximate surface area is 124 Å². The summed E-state index contributed by atoms with van der Waals surface area (Å²) in [6.07, 6.45) is 1.39. The van der Waals surface area contributed by atoms with Crippen LogP contribution in [-0.4, -0.2) is 20.4 Å². The highest BCUT2D eigenvalue weighted by atomic mass is 79.9. The number of sulfonamides is 1. The second-order valence-electron chi connectivity index (χ2n) is 4.12. The third kappa shape index (κ3) is 3.38. The van der Waals surface area contributed by atoms with Crippen LogP contribution in [0.25, 0.3) is 0 Å². The number of aromatic amines is 1. The van der Waals surface area contributed by atoms with Gasteiger partial charge in [0.2, 0.25) is 0 Å². The van der Waals surface area contributed by atoms with Crippen LogP contribution in [0.2, 0.25) is 0 Å². The summed E-state index contributed by atoms with van der Waals surface area (Å²) in [6.45, 7) is 0.527. The van der Waals surface area contributed by atoms with E-state index in [1.807, 2.05) is 0 Å². The highest BCUT2D eigenvalue weighted by Crippen LogP contribution is 2.26. The monoisotopic (exact) mass is 361 g/mol. The molecule has 1 aromatic heterocycles. The molecule has 0 atom stereocenters. The van der Waals surface area contributed by atoms with E-state index in [0.717, 1.165) is 11.8 Å². The summed E-state index contributed by atoms with van der Waals surface area (Å²) in [4.78, 5) is 2.95. The van der Waals surface area contributed by atoms with Crippen molar-refractivity contribution in [1.82, 2.24) is 10.3 Å². The van der Waals surface area contributed by atoms with Gasteiger partial charge >= 0.3 is 0 Å². The van der Waals surface area contributed by atoms with Crippen molar-refractivity contribution in [1.29, 1.82) is 0 Å². The molecule has 0 saturated heterocycles. The maximum Gasteiger partial charge on any atom is 0.263 e. The molecule has 0 radical (unpaired) electrons. The molecule has 0 aliphatic heterocycles. The van der Waals surface area contributed by atoms with Gasteiger partial charge in [-0.3, -0.25) is 4.72 Å². The van der Waals surface area contributed by atoms with Crippen molar-refractivity contribution in [2.24, 2.45) is 0 Å². The third-order valence-electron chi connectivity index (χ3n) is 2.57. The zero-order valence-electron chi connectivity index (χ0n) is 10.6. The van der Waals surface area contributed by atoms with Crippen molar-refractivity contribution in [2.45, 2.75) is 11.4 Å². The van der Waals surface area contributed by atoms with Crippen LogP contribution >= 0.6 is 15.9 Å². The van der Waals surface area contributed by atoms with E-state index in [1.165, 1.54) is 24.4 Å². The molecule has 0 saturated carbocycles. The van der Waals surface area contributed by atoms with Gasteiger partial charge in [-0.2, -0.15) is 0 Å². The van der Waals surface area contributed by atoms with Gasteiger partial charge in [-0.15, -0.1) is 0 Å². The molecule has 2 rings (SSSR count). The van der Waals surface area contributed by atoms with Crippen molar-refractivity contribution in [3.8, 4) is 0 Å². The molecule has 0 aliphatic rings. The SMILES string of the molecule is CNCc1cc(S(=O)(=O)Nc2cc(F)ccc2Br)c[nH]1. The fourth-order valence-corrected chi connectivity index (χ4v) is 3.21. The van der Waals surface area contributed by atoms with Crippen LogP contribution in [0.3, 0.4) is 0 Å². The first-order valence-corrected chi connectivity index (χ1v) is 8.00. The molecular weight excluding hydrogens is 349 g/mol. The molecule has 1 aromatic carbocycles. The highest BCUT2D eigenvalue weighted by Gasteiger charge is 2.17. The quantitative estimate of drug-likeness (QED) is 0.765. The van der Waals surface area contributed by atoms with Crippen LogP contribution in [0, 0.1) is 5.82 Å². The largest absolute Gasteiger partial charge is 0.363 e. The van der Waals surface area contributed by atoms with Crippen molar-refractivity contribution in [3.05, 3.63) is 46.4 Å². The molecular formula is C12H13BrFN3O2S. The summed E-state index contributed by atoms with van der Waals surface area (Å²) in [5.74, 6) is -0.518. The maximum absolute atomic E-state index is 13.2. The maximum atomic E-state index is 13.2. The normalized spacial score (nSPS) is 11.6. The van der Waals surface area contributed by atoms with E-state index in [-0.39, 0.29) is 10.6 Å². The number of aromatic nitrogens is 1.